The van der Waals surface area contributed by atoms with Crippen molar-refractivity contribution >= 4 is 5.97 Å². The van der Waals surface area contributed by atoms with Gasteiger partial charge in [0.25, 0.3) is 0 Å². The fraction of sp³-hybridized carbons (Fsp3) is 0.167. The number of alkyl halides is 3. The number of benzene rings is 1. The van der Waals surface area contributed by atoms with E-state index in [0.29, 0.717) is 6.07 Å². The lowest BCUT2D eigenvalue weighted by Gasteiger charge is -2.13. The predicted molar refractivity (Wildman–Crippen MR) is 64.2 cm³/mol. The summed E-state index contributed by atoms with van der Waals surface area (Å²) in [6, 6.07) is 2.88. The third kappa shape index (κ3) is 2.76. The third-order valence-electron chi connectivity index (χ3n) is 2.70. The van der Waals surface area contributed by atoms with Gasteiger partial charge in [-0.25, -0.2) is 4.79 Å². The number of H-pyrrole nitrogens is 1. The molecule has 9 heteroatoms. The first-order chi connectivity index (χ1) is 9.74. The predicted octanol–water partition coefficient (Wildman–Crippen LogP) is 2.51. The first-order valence-corrected chi connectivity index (χ1v) is 5.51. The molecule has 0 saturated carbocycles. The molecule has 2 rings (SSSR count). The van der Waals surface area contributed by atoms with Crippen molar-refractivity contribution in [2.45, 2.75) is 6.18 Å². The Balaban J connectivity index is 2.60. The Morgan fingerprint density at radius 1 is 1.33 bits per heavy atom. The first kappa shape index (κ1) is 14.7. The molecule has 1 heterocycles. The number of aromatic nitrogens is 2. The average molecular weight is 302 g/mol. The van der Waals surface area contributed by atoms with Crippen LogP contribution in [0.5, 0.6) is 11.5 Å². The molecule has 0 unspecified atom stereocenters. The van der Waals surface area contributed by atoms with E-state index in [2.05, 4.69) is 10.2 Å². The maximum Gasteiger partial charge on any atom is 0.420 e. The maximum absolute atomic E-state index is 12.9. The van der Waals surface area contributed by atoms with Crippen molar-refractivity contribution < 1.29 is 32.9 Å². The smallest absolute Gasteiger partial charge is 0.420 e. The molecule has 0 aliphatic heterocycles. The van der Waals surface area contributed by atoms with Gasteiger partial charge in [0.1, 0.15) is 11.3 Å². The number of aromatic hydroxyl groups is 1. The Morgan fingerprint density at radius 2 is 2.00 bits per heavy atom. The number of carboxylic acid groups (broad SMARTS) is 1. The van der Waals surface area contributed by atoms with E-state index in [1.165, 1.54) is 0 Å². The molecule has 6 nitrogen and oxygen atoms in total. The number of carbonyl (C=O) groups is 1. The number of halogens is 3. The van der Waals surface area contributed by atoms with Gasteiger partial charge >= 0.3 is 12.1 Å². The molecule has 3 N–H and O–H groups in total. The first-order valence-electron chi connectivity index (χ1n) is 5.51. The largest absolute Gasteiger partial charge is 0.504 e. The standard InChI is InChI=1S/C12H9F3N2O4/c1-21-9-3-5(2-6(10(9)18)12(13,14)15)7-4-8(11(19)20)17-16-7/h2-4,18H,1H3,(H,16,17)(H,19,20). The van der Waals surface area contributed by atoms with Gasteiger partial charge in [-0.15, -0.1) is 0 Å². The highest BCUT2D eigenvalue weighted by Crippen LogP contribution is 2.43. The molecule has 0 fully saturated rings. The number of rotatable bonds is 3. The molecule has 0 bridgehead atoms. The lowest BCUT2D eigenvalue weighted by atomic mass is 10.1. The number of nitrogens with zero attached hydrogens (tertiary/aromatic N) is 1. The van der Waals surface area contributed by atoms with E-state index in [1.54, 1.807) is 0 Å². The number of aromatic amines is 1. The maximum atomic E-state index is 12.9. The molecule has 0 spiro atoms. The molecule has 2 aromatic rings. The van der Waals surface area contributed by atoms with Gasteiger partial charge in [-0.3, -0.25) is 5.10 Å². The molecule has 112 valence electrons. The van der Waals surface area contributed by atoms with Crippen LogP contribution >= 0.6 is 0 Å². The Hall–Kier alpha value is -2.71. The number of aromatic carboxylic acids is 1. The molecule has 21 heavy (non-hydrogen) atoms. The van der Waals surface area contributed by atoms with Gasteiger partial charge in [0.2, 0.25) is 0 Å². The number of methoxy groups -OCH3 is 1. The quantitative estimate of drug-likeness (QED) is 0.809. The minimum absolute atomic E-state index is 0.0174. The summed E-state index contributed by atoms with van der Waals surface area (Å²) in [5.41, 5.74) is -1.63. The summed E-state index contributed by atoms with van der Waals surface area (Å²) in [6.45, 7) is 0. The lowest BCUT2D eigenvalue weighted by Crippen LogP contribution is -2.06. The SMILES string of the molecule is COc1cc(-c2cc(C(=O)O)[nH]n2)cc(C(F)(F)F)c1O. The zero-order valence-electron chi connectivity index (χ0n) is 10.5. The fourth-order valence-electron chi connectivity index (χ4n) is 1.71. The summed E-state index contributed by atoms with van der Waals surface area (Å²) in [7, 11) is 1.10. The fourth-order valence-corrected chi connectivity index (χ4v) is 1.71. The number of hydrogen-bond donors (Lipinski definition) is 3. The van der Waals surface area contributed by atoms with Gasteiger partial charge < -0.3 is 14.9 Å². The molecule has 0 amide bonds. The Morgan fingerprint density at radius 3 is 2.48 bits per heavy atom. The van der Waals surface area contributed by atoms with Crippen LogP contribution in [0.15, 0.2) is 18.2 Å². The van der Waals surface area contributed by atoms with Crippen LogP contribution in [0.3, 0.4) is 0 Å². The van der Waals surface area contributed by atoms with Gasteiger partial charge in [-0.1, -0.05) is 0 Å². The van der Waals surface area contributed by atoms with Gasteiger partial charge in [0.15, 0.2) is 11.5 Å². The molecular formula is C12H9F3N2O4. The summed E-state index contributed by atoms with van der Waals surface area (Å²) >= 11 is 0. The molecule has 0 aliphatic carbocycles. The summed E-state index contributed by atoms with van der Waals surface area (Å²) in [4.78, 5) is 10.7. The number of phenols is 1. The monoisotopic (exact) mass is 302 g/mol. The van der Waals surface area contributed by atoms with E-state index >= 15 is 0 Å². The Kier molecular flexibility index (Phi) is 3.50. The number of hydrogen-bond acceptors (Lipinski definition) is 4. The average Bonchev–Trinajstić information content (AvgIpc) is 2.87. The highest BCUT2D eigenvalue weighted by Gasteiger charge is 2.36. The summed E-state index contributed by atoms with van der Waals surface area (Å²) in [5.74, 6) is -2.72. The van der Waals surface area contributed by atoms with E-state index in [-0.39, 0.29) is 22.7 Å². The molecule has 1 aromatic heterocycles. The second-order valence-electron chi connectivity index (χ2n) is 4.04. The summed E-state index contributed by atoms with van der Waals surface area (Å²) in [6.07, 6.45) is -4.79. The van der Waals surface area contributed by atoms with Crippen LogP contribution in [0.25, 0.3) is 11.3 Å². The number of phenolic OH excluding ortho intramolecular Hbond substituents is 1. The summed E-state index contributed by atoms with van der Waals surface area (Å²) < 4.78 is 43.3. The zero-order valence-corrected chi connectivity index (χ0v) is 10.5. The third-order valence-corrected chi connectivity index (χ3v) is 2.70. The summed E-state index contributed by atoms with van der Waals surface area (Å²) in [5, 5.41) is 24.1. The van der Waals surface area contributed by atoms with Crippen molar-refractivity contribution in [3.8, 4) is 22.8 Å². The molecule has 0 radical (unpaired) electrons. The van der Waals surface area contributed by atoms with Crippen LogP contribution in [-0.4, -0.2) is 33.5 Å². The number of ether oxygens (including phenoxy) is 1. The van der Waals surface area contributed by atoms with E-state index in [0.717, 1.165) is 19.2 Å². The van der Waals surface area contributed by atoms with Crippen LogP contribution in [0.4, 0.5) is 13.2 Å². The second kappa shape index (κ2) is 5.00. The highest BCUT2D eigenvalue weighted by molar-refractivity contribution is 5.87. The minimum Gasteiger partial charge on any atom is -0.504 e. The van der Waals surface area contributed by atoms with Gasteiger partial charge in [-0.2, -0.15) is 18.3 Å². The molecular weight excluding hydrogens is 293 g/mol. The molecule has 0 atom stereocenters. The topological polar surface area (TPSA) is 95.4 Å². The molecule has 1 aromatic carbocycles. The van der Waals surface area contributed by atoms with Crippen molar-refractivity contribution in [2.75, 3.05) is 7.11 Å². The van der Waals surface area contributed by atoms with Gasteiger partial charge in [0.05, 0.1) is 12.8 Å². The number of nitrogens with one attached hydrogen (secondary N) is 1. The van der Waals surface area contributed by atoms with E-state index in [1.807, 2.05) is 0 Å². The molecule has 0 saturated heterocycles. The Labute approximate surface area is 115 Å². The number of carboxylic acids is 1. The minimum atomic E-state index is -4.79. The van der Waals surface area contributed by atoms with Crippen molar-refractivity contribution in [2.24, 2.45) is 0 Å². The zero-order chi connectivity index (χ0) is 15.8. The van der Waals surface area contributed by atoms with Gasteiger partial charge in [-0.05, 0) is 18.2 Å². The van der Waals surface area contributed by atoms with Crippen LogP contribution in [-0.2, 0) is 6.18 Å². The van der Waals surface area contributed by atoms with Gasteiger partial charge in [0, 0.05) is 5.56 Å². The Bertz CT molecular complexity index is 694. The van der Waals surface area contributed by atoms with Crippen molar-refractivity contribution in [3.05, 3.63) is 29.5 Å². The lowest BCUT2D eigenvalue weighted by molar-refractivity contribution is -0.138. The van der Waals surface area contributed by atoms with Crippen molar-refractivity contribution in [1.82, 2.24) is 10.2 Å². The van der Waals surface area contributed by atoms with Crippen LogP contribution < -0.4 is 4.74 Å². The van der Waals surface area contributed by atoms with Crippen molar-refractivity contribution in [1.29, 1.82) is 0 Å². The van der Waals surface area contributed by atoms with Crippen LogP contribution in [0.2, 0.25) is 0 Å². The van der Waals surface area contributed by atoms with E-state index < -0.39 is 23.5 Å². The highest BCUT2D eigenvalue weighted by atomic mass is 19.4. The molecule has 0 aliphatic rings. The van der Waals surface area contributed by atoms with Crippen molar-refractivity contribution in [3.63, 3.8) is 0 Å². The second-order valence-corrected chi connectivity index (χ2v) is 4.04. The van der Waals surface area contributed by atoms with E-state index in [9.17, 15) is 23.1 Å². The van der Waals surface area contributed by atoms with Crippen LogP contribution in [0, 0.1) is 0 Å². The van der Waals surface area contributed by atoms with E-state index in [4.69, 9.17) is 9.84 Å². The normalized spacial score (nSPS) is 11.4. The van der Waals surface area contributed by atoms with Crippen LogP contribution in [0.1, 0.15) is 16.1 Å².